The van der Waals surface area contributed by atoms with Crippen LogP contribution in [0, 0.1) is 0 Å². The van der Waals surface area contributed by atoms with Crippen LogP contribution in [-0.4, -0.2) is 4.98 Å². The maximum Gasteiger partial charge on any atom is 0.230 e. The van der Waals surface area contributed by atoms with Crippen molar-refractivity contribution in [1.82, 2.24) is 4.98 Å². The summed E-state index contributed by atoms with van der Waals surface area (Å²) in [6.07, 6.45) is 7.87. The van der Waals surface area contributed by atoms with Crippen molar-refractivity contribution < 1.29 is 4.42 Å². The Labute approximate surface area is 122 Å². The van der Waals surface area contributed by atoms with Gasteiger partial charge in [-0.1, -0.05) is 31.4 Å². The van der Waals surface area contributed by atoms with E-state index in [1.165, 1.54) is 19.3 Å². The lowest BCUT2D eigenvalue weighted by molar-refractivity contribution is 0.445. The van der Waals surface area contributed by atoms with Crippen LogP contribution in [0.4, 0.5) is 0 Å². The molecule has 3 nitrogen and oxygen atoms in total. The van der Waals surface area contributed by atoms with Gasteiger partial charge in [-0.3, -0.25) is 4.79 Å². The zero-order chi connectivity index (χ0) is 14.2. The first-order valence-corrected chi connectivity index (χ1v) is 7.65. The lowest BCUT2D eigenvalue weighted by Crippen LogP contribution is -2.11. The largest absolute Gasteiger partial charge is 0.437 e. The molecule has 1 aromatic carbocycles. The SMILES string of the molecule is O=c1c2ccccc2oc2nccc(C3CCCCC3)c12. The zero-order valence-electron chi connectivity index (χ0n) is 11.8. The highest BCUT2D eigenvalue weighted by Crippen LogP contribution is 2.35. The fourth-order valence-electron chi connectivity index (χ4n) is 3.50. The minimum atomic E-state index is 0.0560. The van der Waals surface area contributed by atoms with Gasteiger partial charge in [0.25, 0.3) is 0 Å². The molecule has 1 aliphatic rings. The van der Waals surface area contributed by atoms with Gasteiger partial charge in [0.1, 0.15) is 5.58 Å². The first-order chi connectivity index (χ1) is 10.3. The van der Waals surface area contributed by atoms with E-state index < -0.39 is 0 Å². The number of hydrogen-bond acceptors (Lipinski definition) is 3. The number of pyridine rings is 1. The van der Waals surface area contributed by atoms with Crippen molar-refractivity contribution in [1.29, 1.82) is 0 Å². The Hall–Kier alpha value is -2.16. The minimum absolute atomic E-state index is 0.0560. The third kappa shape index (κ3) is 2.04. The number of para-hydroxylation sites is 1. The predicted octanol–water partition coefficient (Wildman–Crippen LogP) is 4.39. The fraction of sp³-hybridized carbons (Fsp3) is 0.333. The molecule has 0 N–H and O–H groups in total. The number of nitrogens with zero attached hydrogens (tertiary/aromatic N) is 1. The monoisotopic (exact) mass is 279 g/mol. The molecule has 0 bridgehead atoms. The summed E-state index contributed by atoms with van der Waals surface area (Å²) in [4.78, 5) is 17.1. The van der Waals surface area contributed by atoms with Crippen LogP contribution in [0.3, 0.4) is 0 Å². The third-order valence-corrected chi connectivity index (χ3v) is 4.56. The summed E-state index contributed by atoms with van der Waals surface area (Å²) in [7, 11) is 0. The highest BCUT2D eigenvalue weighted by Gasteiger charge is 2.21. The Kier molecular flexibility index (Phi) is 2.99. The van der Waals surface area contributed by atoms with Gasteiger partial charge >= 0.3 is 0 Å². The second kappa shape index (κ2) is 4.99. The van der Waals surface area contributed by atoms with Crippen molar-refractivity contribution in [3.05, 3.63) is 52.3 Å². The third-order valence-electron chi connectivity index (χ3n) is 4.56. The smallest absolute Gasteiger partial charge is 0.230 e. The summed E-state index contributed by atoms with van der Waals surface area (Å²) in [5.74, 6) is 0.466. The number of rotatable bonds is 1. The average molecular weight is 279 g/mol. The van der Waals surface area contributed by atoms with Crippen LogP contribution in [0.25, 0.3) is 22.1 Å². The van der Waals surface area contributed by atoms with Crippen molar-refractivity contribution in [2.24, 2.45) is 0 Å². The van der Waals surface area contributed by atoms with Crippen LogP contribution >= 0.6 is 0 Å². The molecule has 2 aromatic heterocycles. The Morgan fingerprint density at radius 3 is 2.71 bits per heavy atom. The molecule has 3 heteroatoms. The number of hydrogen-bond donors (Lipinski definition) is 0. The molecule has 0 spiro atoms. The van der Waals surface area contributed by atoms with Gasteiger partial charge in [0, 0.05) is 6.20 Å². The van der Waals surface area contributed by atoms with Crippen LogP contribution in [0.15, 0.2) is 45.7 Å². The number of fused-ring (bicyclic) bond motifs is 2. The molecule has 4 rings (SSSR count). The second-order valence-electron chi connectivity index (χ2n) is 5.84. The summed E-state index contributed by atoms with van der Waals surface area (Å²) in [5.41, 5.74) is 2.27. The van der Waals surface area contributed by atoms with Crippen molar-refractivity contribution in [3.8, 4) is 0 Å². The molecule has 0 aliphatic heterocycles. The van der Waals surface area contributed by atoms with Crippen LogP contribution in [0.1, 0.15) is 43.6 Å². The van der Waals surface area contributed by atoms with Gasteiger partial charge in [0.2, 0.25) is 11.1 Å². The number of aromatic nitrogens is 1. The summed E-state index contributed by atoms with van der Waals surface area (Å²) < 4.78 is 5.85. The van der Waals surface area contributed by atoms with Crippen molar-refractivity contribution in [3.63, 3.8) is 0 Å². The van der Waals surface area contributed by atoms with Crippen LogP contribution in [0.5, 0.6) is 0 Å². The van der Waals surface area contributed by atoms with Gasteiger partial charge in [-0.25, -0.2) is 4.98 Å². The molecule has 0 radical (unpaired) electrons. The van der Waals surface area contributed by atoms with Crippen LogP contribution in [0.2, 0.25) is 0 Å². The number of benzene rings is 1. The van der Waals surface area contributed by atoms with E-state index in [1.54, 1.807) is 6.20 Å². The van der Waals surface area contributed by atoms with E-state index in [0.29, 0.717) is 28.0 Å². The topological polar surface area (TPSA) is 43.1 Å². The molecule has 0 atom stereocenters. The first-order valence-electron chi connectivity index (χ1n) is 7.65. The summed E-state index contributed by atoms with van der Waals surface area (Å²) in [6, 6.07) is 9.41. The Bertz CT molecular complexity index is 860. The normalized spacial score (nSPS) is 16.6. The molecule has 0 saturated heterocycles. The fourth-order valence-corrected chi connectivity index (χ4v) is 3.50. The highest BCUT2D eigenvalue weighted by atomic mass is 16.3. The quantitative estimate of drug-likeness (QED) is 0.620. The maximum atomic E-state index is 12.9. The summed E-state index contributed by atoms with van der Waals surface area (Å²) in [5, 5.41) is 1.33. The molecule has 0 amide bonds. The maximum absolute atomic E-state index is 12.9. The molecular formula is C18H17NO2. The second-order valence-corrected chi connectivity index (χ2v) is 5.84. The molecule has 0 unspecified atom stereocenters. The van der Waals surface area contributed by atoms with E-state index in [4.69, 9.17) is 4.42 Å². The molecule has 106 valence electrons. The molecule has 2 heterocycles. The van der Waals surface area contributed by atoms with Gasteiger partial charge in [0.15, 0.2) is 0 Å². The zero-order valence-corrected chi connectivity index (χ0v) is 11.8. The lowest BCUT2D eigenvalue weighted by atomic mass is 9.83. The van der Waals surface area contributed by atoms with Crippen LogP contribution in [-0.2, 0) is 0 Å². The highest BCUT2D eigenvalue weighted by molar-refractivity contribution is 5.89. The molecule has 21 heavy (non-hydrogen) atoms. The summed E-state index contributed by atoms with van der Waals surface area (Å²) in [6.45, 7) is 0. The van der Waals surface area contributed by atoms with Gasteiger partial charge in [-0.05, 0) is 42.5 Å². The van der Waals surface area contributed by atoms with Gasteiger partial charge in [0.05, 0.1) is 10.8 Å². The molecule has 1 aliphatic carbocycles. The molecule has 1 saturated carbocycles. The van der Waals surface area contributed by atoms with E-state index in [-0.39, 0.29) is 5.43 Å². The van der Waals surface area contributed by atoms with Crippen LogP contribution < -0.4 is 5.43 Å². The molecule has 1 fully saturated rings. The van der Waals surface area contributed by atoms with Crippen molar-refractivity contribution in [2.75, 3.05) is 0 Å². The first kappa shape index (κ1) is 12.6. The Morgan fingerprint density at radius 2 is 1.86 bits per heavy atom. The van der Waals surface area contributed by atoms with E-state index in [9.17, 15) is 4.79 Å². The Balaban J connectivity index is 2.03. The van der Waals surface area contributed by atoms with Crippen molar-refractivity contribution in [2.45, 2.75) is 38.0 Å². The van der Waals surface area contributed by atoms with E-state index in [1.807, 2.05) is 30.3 Å². The lowest BCUT2D eigenvalue weighted by Gasteiger charge is -2.22. The van der Waals surface area contributed by atoms with Gasteiger partial charge in [-0.2, -0.15) is 0 Å². The minimum Gasteiger partial charge on any atom is -0.437 e. The van der Waals surface area contributed by atoms with E-state index in [0.717, 1.165) is 18.4 Å². The van der Waals surface area contributed by atoms with Gasteiger partial charge in [-0.15, -0.1) is 0 Å². The summed E-state index contributed by atoms with van der Waals surface area (Å²) >= 11 is 0. The molecular weight excluding hydrogens is 262 g/mol. The van der Waals surface area contributed by atoms with Crippen molar-refractivity contribution >= 4 is 22.1 Å². The average Bonchev–Trinajstić information content (AvgIpc) is 2.55. The van der Waals surface area contributed by atoms with E-state index >= 15 is 0 Å². The molecule has 3 aromatic rings. The predicted molar refractivity (Wildman–Crippen MR) is 83.6 cm³/mol. The standard InChI is InChI=1S/C18H17NO2/c20-17-14-8-4-5-9-15(14)21-18-16(17)13(10-11-19-18)12-6-2-1-3-7-12/h4-5,8-12H,1-3,6-7H2. The Morgan fingerprint density at radius 1 is 1.05 bits per heavy atom. The van der Waals surface area contributed by atoms with E-state index in [2.05, 4.69) is 4.98 Å². The van der Waals surface area contributed by atoms with Gasteiger partial charge < -0.3 is 4.42 Å².